The number of nitrogens with one attached hydrogen (secondary N) is 1. The Bertz CT molecular complexity index is 358. The van der Waals surface area contributed by atoms with Gasteiger partial charge in [0.1, 0.15) is 0 Å². The van der Waals surface area contributed by atoms with Crippen molar-refractivity contribution < 1.29 is 4.79 Å². The summed E-state index contributed by atoms with van der Waals surface area (Å²) in [7, 11) is 0. The van der Waals surface area contributed by atoms with Crippen molar-refractivity contribution in [1.29, 1.82) is 0 Å². The van der Waals surface area contributed by atoms with Crippen LogP contribution >= 0.6 is 24.8 Å². The molecule has 0 aromatic rings. The highest BCUT2D eigenvalue weighted by molar-refractivity contribution is 5.85. The molecule has 0 spiro atoms. The van der Waals surface area contributed by atoms with Crippen LogP contribution in [0.1, 0.15) is 57.8 Å². The zero-order valence-corrected chi connectivity index (χ0v) is 16.5. The molecule has 3 heterocycles. The van der Waals surface area contributed by atoms with Crippen molar-refractivity contribution in [1.82, 2.24) is 15.1 Å². The van der Waals surface area contributed by atoms with Gasteiger partial charge in [-0.15, -0.1) is 24.8 Å². The molecule has 1 atom stereocenters. The highest BCUT2D eigenvalue weighted by Gasteiger charge is 2.30. The van der Waals surface area contributed by atoms with Gasteiger partial charge in [-0.3, -0.25) is 4.79 Å². The molecule has 1 unspecified atom stereocenters. The topological polar surface area (TPSA) is 35.6 Å². The second kappa shape index (κ2) is 11.6. The third-order valence-electron chi connectivity index (χ3n) is 5.84. The predicted molar refractivity (Wildman–Crippen MR) is 104 cm³/mol. The van der Waals surface area contributed by atoms with Gasteiger partial charge in [0.2, 0.25) is 5.91 Å². The number of hydrogen-bond acceptors (Lipinski definition) is 3. The Kier molecular flexibility index (Phi) is 10.6. The van der Waals surface area contributed by atoms with Gasteiger partial charge in [-0.1, -0.05) is 6.42 Å². The summed E-state index contributed by atoms with van der Waals surface area (Å²) in [5, 5.41) is 3.41. The first-order valence-electron chi connectivity index (χ1n) is 9.55. The van der Waals surface area contributed by atoms with E-state index >= 15 is 0 Å². The fourth-order valence-electron chi connectivity index (χ4n) is 4.44. The van der Waals surface area contributed by atoms with Gasteiger partial charge in [0.05, 0.1) is 0 Å². The number of carbonyl (C=O) groups is 1. The van der Waals surface area contributed by atoms with E-state index in [2.05, 4.69) is 15.1 Å². The molecule has 0 aromatic heterocycles. The Morgan fingerprint density at radius 1 is 0.917 bits per heavy atom. The van der Waals surface area contributed by atoms with Crippen LogP contribution in [0.4, 0.5) is 0 Å². The number of carbonyl (C=O) groups excluding carboxylic acids is 1. The Balaban J connectivity index is 0.00000144. The summed E-state index contributed by atoms with van der Waals surface area (Å²) in [6, 6.07) is 0.499. The SMILES string of the molecule is Cl.Cl.O=C(CCC1CCNCC1)N1CCCC1CN1CCCCC1. The fourth-order valence-corrected chi connectivity index (χ4v) is 4.44. The van der Waals surface area contributed by atoms with E-state index in [0.717, 1.165) is 44.9 Å². The van der Waals surface area contributed by atoms with Crippen LogP contribution in [0.2, 0.25) is 0 Å². The van der Waals surface area contributed by atoms with Gasteiger partial charge < -0.3 is 15.1 Å². The van der Waals surface area contributed by atoms with E-state index in [1.165, 1.54) is 58.0 Å². The molecule has 0 aliphatic carbocycles. The van der Waals surface area contributed by atoms with Crippen LogP contribution in [0.3, 0.4) is 0 Å². The largest absolute Gasteiger partial charge is 0.338 e. The molecule has 1 amide bonds. The van der Waals surface area contributed by atoms with Crippen molar-refractivity contribution in [3.8, 4) is 0 Å². The van der Waals surface area contributed by atoms with Crippen molar-refractivity contribution in [2.24, 2.45) is 5.92 Å². The number of hydrogen-bond donors (Lipinski definition) is 1. The van der Waals surface area contributed by atoms with Gasteiger partial charge in [0.25, 0.3) is 0 Å². The molecule has 24 heavy (non-hydrogen) atoms. The number of piperidine rings is 2. The normalized spacial score (nSPS) is 25.8. The van der Waals surface area contributed by atoms with Crippen LogP contribution in [0.15, 0.2) is 0 Å². The van der Waals surface area contributed by atoms with Crippen LogP contribution in [-0.2, 0) is 4.79 Å². The molecule has 0 bridgehead atoms. The quantitative estimate of drug-likeness (QED) is 0.796. The molecule has 3 aliphatic rings. The van der Waals surface area contributed by atoms with Crippen LogP contribution in [0, 0.1) is 5.92 Å². The van der Waals surface area contributed by atoms with Crippen molar-refractivity contribution in [2.75, 3.05) is 39.3 Å². The highest BCUT2D eigenvalue weighted by Crippen LogP contribution is 2.23. The minimum absolute atomic E-state index is 0. The lowest BCUT2D eigenvalue weighted by Crippen LogP contribution is -2.44. The number of halogens is 2. The lowest BCUT2D eigenvalue weighted by molar-refractivity contribution is -0.132. The summed E-state index contributed by atoms with van der Waals surface area (Å²) >= 11 is 0. The minimum Gasteiger partial charge on any atom is -0.338 e. The van der Waals surface area contributed by atoms with E-state index in [-0.39, 0.29) is 24.8 Å². The third-order valence-corrected chi connectivity index (χ3v) is 5.84. The van der Waals surface area contributed by atoms with Crippen LogP contribution in [-0.4, -0.2) is 61.0 Å². The van der Waals surface area contributed by atoms with Gasteiger partial charge in [0, 0.05) is 25.6 Å². The van der Waals surface area contributed by atoms with E-state index in [0.29, 0.717) is 11.9 Å². The van der Waals surface area contributed by atoms with Crippen molar-refractivity contribution in [3.63, 3.8) is 0 Å². The Morgan fingerprint density at radius 3 is 2.33 bits per heavy atom. The van der Waals surface area contributed by atoms with Gasteiger partial charge in [0.15, 0.2) is 0 Å². The zero-order valence-electron chi connectivity index (χ0n) is 14.9. The summed E-state index contributed by atoms with van der Waals surface area (Å²) in [6.07, 6.45) is 10.9. The van der Waals surface area contributed by atoms with Crippen LogP contribution < -0.4 is 5.32 Å². The van der Waals surface area contributed by atoms with E-state index in [4.69, 9.17) is 0 Å². The molecule has 142 valence electrons. The Labute approximate surface area is 159 Å². The second-order valence-corrected chi connectivity index (χ2v) is 7.48. The van der Waals surface area contributed by atoms with Gasteiger partial charge in [-0.05, 0) is 77.0 Å². The summed E-state index contributed by atoms with van der Waals surface area (Å²) in [4.78, 5) is 17.4. The molecule has 3 fully saturated rings. The van der Waals surface area contributed by atoms with Gasteiger partial charge >= 0.3 is 0 Å². The predicted octanol–water partition coefficient (Wildman–Crippen LogP) is 3.09. The first kappa shape index (κ1) is 22.0. The molecule has 1 N–H and O–H groups in total. The third kappa shape index (κ3) is 6.36. The molecule has 0 aromatic carbocycles. The molecule has 3 saturated heterocycles. The first-order chi connectivity index (χ1) is 10.8. The summed E-state index contributed by atoms with van der Waals surface area (Å²) in [5.74, 6) is 1.20. The standard InChI is InChI=1S/C18H33N3O.2ClH/c22-18(7-6-16-8-10-19-11-9-16)21-14-4-5-17(21)15-20-12-2-1-3-13-20;;/h16-17,19H,1-15H2;2*1H. The van der Waals surface area contributed by atoms with E-state index in [9.17, 15) is 4.79 Å². The minimum atomic E-state index is 0. The molecule has 0 radical (unpaired) electrons. The molecule has 3 aliphatic heterocycles. The summed E-state index contributed by atoms with van der Waals surface area (Å²) in [5.41, 5.74) is 0. The lowest BCUT2D eigenvalue weighted by Gasteiger charge is -2.33. The van der Waals surface area contributed by atoms with Crippen LogP contribution in [0.5, 0.6) is 0 Å². The van der Waals surface area contributed by atoms with E-state index < -0.39 is 0 Å². The molecule has 4 nitrogen and oxygen atoms in total. The molecule has 3 rings (SSSR count). The smallest absolute Gasteiger partial charge is 0.222 e. The Morgan fingerprint density at radius 2 is 1.62 bits per heavy atom. The second-order valence-electron chi connectivity index (χ2n) is 7.48. The monoisotopic (exact) mass is 379 g/mol. The van der Waals surface area contributed by atoms with Gasteiger partial charge in [-0.2, -0.15) is 0 Å². The number of amides is 1. The van der Waals surface area contributed by atoms with Crippen molar-refractivity contribution in [2.45, 2.75) is 63.8 Å². The number of rotatable bonds is 5. The number of nitrogens with zero attached hydrogens (tertiary/aromatic N) is 2. The lowest BCUT2D eigenvalue weighted by atomic mass is 9.93. The number of likely N-dealkylation sites (tertiary alicyclic amines) is 2. The first-order valence-corrected chi connectivity index (χ1v) is 9.55. The highest BCUT2D eigenvalue weighted by atomic mass is 35.5. The maximum atomic E-state index is 12.6. The maximum Gasteiger partial charge on any atom is 0.222 e. The van der Waals surface area contributed by atoms with E-state index in [1.807, 2.05) is 0 Å². The average molecular weight is 380 g/mol. The molecule has 6 heteroatoms. The average Bonchev–Trinajstić information content (AvgIpc) is 3.03. The summed E-state index contributed by atoms with van der Waals surface area (Å²) in [6.45, 7) is 6.89. The maximum absolute atomic E-state index is 12.6. The van der Waals surface area contributed by atoms with Gasteiger partial charge in [-0.25, -0.2) is 0 Å². The summed E-state index contributed by atoms with van der Waals surface area (Å²) < 4.78 is 0. The van der Waals surface area contributed by atoms with Crippen LogP contribution in [0.25, 0.3) is 0 Å². The molecular weight excluding hydrogens is 345 g/mol. The molecular formula is C18H35Cl2N3O. The Hall–Kier alpha value is -0.0300. The fraction of sp³-hybridized carbons (Fsp3) is 0.944. The zero-order chi connectivity index (χ0) is 15.2. The molecule has 0 saturated carbocycles. The van der Waals surface area contributed by atoms with Crippen molar-refractivity contribution in [3.05, 3.63) is 0 Å². The van der Waals surface area contributed by atoms with Crippen molar-refractivity contribution >= 4 is 30.7 Å². The van der Waals surface area contributed by atoms with E-state index in [1.54, 1.807) is 0 Å².